The number of halogens is 1. The van der Waals surface area contributed by atoms with Gasteiger partial charge in [0.05, 0.1) is 15.0 Å². The van der Waals surface area contributed by atoms with E-state index < -0.39 is 0 Å². The highest BCUT2D eigenvalue weighted by molar-refractivity contribution is 14.1. The monoisotopic (exact) mass is 337 g/mol. The van der Waals surface area contributed by atoms with Crippen molar-refractivity contribution in [2.75, 3.05) is 5.73 Å². The highest BCUT2D eigenvalue weighted by Gasteiger charge is 2.08. The second kappa shape index (κ2) is 5.89. The molecule has 0 aliphatic rings. The van der Waals surface area contributed by atoms with Crippen molar-refractivity contribution >= 4 is 40.2 Å². The van der Waals surface area contributed by atoms with Gasteiger partial charge in [-0.15, -0.1) is 0 Å². The highest BCUT2D eigenvalue weighted by Crippen LogP contribution is 2.20. The predicted octanol–water partition coefficient (Wildman–Crippen LogP) is 2.87. The van der Waals surface area contributed by atoms with Crippen LogP contribution in [0.25, 0.3) is 0 Å². The molecule has 0 amide bonds. The van der Waals surface area contributed by atoms with E-state index in [1.807, 2.05) is 11.8 Å². The van der Waals surface area contributed by atoms with E-state index in [-0.39, 0.29) is 0 Å². The molecule has 0 bridgehead atoms. The molecule has 1 rings (SSSR count). The first-order valence-electron chi connectivity index (χ1n) is 4.97. The van der Waals surface area contributed by atoms with E-state index in [1.54, 1.807) is 0 Å². The zero-order valence-corrected chi connectivity index (χ0v) is 12.2. The van der Waals surface area contributed by atoms with Crippen molar-refractivity contribution in [2.45, 2.75) is 38.2 Å². The fourth-order valence-electron chi connectivity index (χ4n) is 1.11. The summed E-state index contributed by atoms with van der Waals surface area (Å²) in [4.78, 5) is 8.80. The van der Waals surface area contributed by atoms with Crippen LogP contribution in [0, 0.1) is 3.57 Å². The Labute approximate surface area is 109 Å². The Hall–Kier alpha value is -0.0400. The van der Waals surface area contributed by atoms with Crippen LogP contribution in [0.1, 0.15) is 32.3 Å². The number of nitrogens with zero attached hydrogens (tertiary/aromatic N) is 2. The topological polar surface area (TPSA) is 51.8 Å². The Balaban J connectivity index is 2.86. The van der Waals surface area contributed by atoms with Crippen LogP contribution in [0.15, 0.2) is 0 Å². The van der Waals surface area contributed by atoms with Gasteiger partial charge in [-0.05, 0) is 34.3 Å². The normalized spacial score (nSPS) is 11.0. The molecule has 84 valence electrons. The fourth-order valence-corrected chi connectivity index (χ4v) is 2.34. The van der Waals surface area contributed by atoms with Gasteiger partial charge in [0.2, 0.25) is 0 Å². The second-order valence-corrected chi connectivity index (χ2v) is 6.14. The van der Waals surface area contributed by atoms with E-state index in [0.717, 1.165) is 27.3 Å². The molecule has 0 atom stereocenters. The lowest BCUT2D eigenvalue weighted by molar-refractivity contribution is 0.930. The predicted molar refractivity (Wildman–Crippen MR) is 75.0 cm³/mol. The Morgan fingerprint density at radius 2 is 2.07 bits per heavy atom. The van der Waals surface area contributed by atoms with Gasteiger partial charge in [0.25, 0.3) is 0 Å². The summed E-state index contributed by atoms with van der Waals surface area (Å²) in [5.74, 6) is 2.30. The lowest BCUT2D eigenvalue weighted by Gasteiger charge is -2.08. The van der Waals surface area contributed by atoms with Crippen LogP contribution < -0.4 is 5.73 Å². The first kappa shape index (κ1) is 13.0. The van der Waals surface area contributed by atoms with E-state index >= 15 is 0 Å². The molecule has 15 heavy (non-hydrogen) atoms. The highest BCUT2D eigenvalue weighted by atomic mass is 127. The van der Waals surface area contributed by atoms with Crippen LogP contribution in [0.3, 0.4) is 0 Å². The van der Waals surface area contributed by atoms with Gasteiger partial charge >= 0.3 is 0 Å². The maximum Gasteiger partial charge on any atom is 0.140 e. The molecule has 1 aromatic rings. The smallest absolute Gasteiger partial charge is 0.140 e. The molecule has 5 heteroatoms. The number of nitrogens with two attached hydrogens (primary N) is 1. The average Bonchev–Trinajstić information content (AvgIpc) is 2.19. The second-order valence-electron chi connectivity index (χ2n) is 3.50. The Morgan fingerprint density at radius 1 is 1.40 bits per heavy atom. The van der Waals surface area contributed by atoms with Crippen LogP contribution in [0.4, 0.5) is 5.82 Å². The summed E-state index contributed by atoms with van der Waals surface area (Å²) in [7, 11) is 0. The van der Waals surface area contributed by atoms with Crippen molar-refractivity contribution in [1.29, 1.82) is 0 Å². The quantitative estimate of drug-likeness (QED) is 0.859. The van der Waals surface area contributed by atoms with Gasteiger partial charge in [0.1, 0.15) is 11.6 Å². The summed E-state index contributed by atoms with van der Waals surface area (Å²) in [6.45, 7) is 6.42. The van der Waals surface area contributed by atoms with E-state index in [0.29, 0.717) is 11.1 Å². The largest absolute Gasteiger partial charge is 0.383 e. The lowest BCUT2D eigenvalue weighted by atomic mass is 10.3. The minimum atomic E-state index is 0.596. The van der Waals surface area contributed by atoms with Gasteiger partial charge < -0.3 is 5.73 Å². The van der Waals surface area contributed by atoms with Crippen molar-refractivity contribution in [3.63, 3.8) is 0 Å². The molecule has 0 unspecified atom stereocenters. The third-order valence-electron chi connectivity index (χ3n) is 1.87. The molecular weight excluding hydrogens is 321 g/mol. The zero-order valence-electron chi connectivity index (χ0n) is 9.25. The number of aromatic nitrogens is 2. The van der Waals surface area contributed by atoms with Gasteiger partial charge in [-0.25, -0.2) is 9.97 Å². The van der Waals surface area contributed by atoms with Crippen molar-refractivity contribution in [3.8, 4) is 0 Å². The number of rotatable bonds is 4. The molecule has 0 saturated carbocycles. The molecule has 0 spiro atoms. The van der Waals surface area contributed by atoms with Crippen LogP contribution in [0.2, 0.25) is 0 Å². The van der Waals surface area contributed by atoms with Gasteiger partial charge in [-0.1, -0.05) is 20.8 Å². The van der Waals surface area contributed by atoms with Crippen molar-refractivity contribution in [3.05, 3.63) is 15.1 Å². The number of aryl methyl sites for hydroxylation is 1. The summed E-state index contributed by atoms with van der Waals surface area (Å²) < 4.78 is 0.994. The zero-order chi connectivity index (χ0) is 11.4. The van der Waals surface area contributed by atoms with E-state index in [9.17, 15) is 0 Å². The first-order valence-corrected chi connectivity index (χ1v) is 7.09. The van der Waals surface area contributed by atoms with Gasteiger partial charge in [0, 0.05) is 0 Å². The van der Waals surface area contributed by atoms with Crippen molar-refractivity contribution in [2.24, 2.45) is 0 Å². The van der Waals surface area contributed by atoms with Crippen LogP contribution in [-0.2, 0) is 12.2 Å². The summed E-state index contributed by atoms with van der Waals surface area (Å²) in [5, 5.41) is 0.596. The number of thioether (sulfide) groups is 1. The molecule has 0 aromatic carbocycles. The van der Waals surface area contributed by atoms with E-state index in [2.05, 4.69) is 53.3 Å². The third-order valence-corrected chi connectivity index (χ3v) is 4.14. The molecule has 0 saturated heterocycles. The summed E-state index contributed by atoms with van der Waals surface area (Å²) >= 11 is 4.04. The average molecular weight is 337 g/mol. The molecule has 0 aliphatic carbocycles. The minimum absolute atomic E-state index is 0.596. The molecule has 0 aliphatic heterocycles. The minimum Gasteiger partial charge on any atom is -0.383 e. The Morgan fingerprint density at radius 3 is 2.60 bits per heavy atom. The molecule has 0 fully saturated rings. The third kappa shape index (κ3) is 3.79. The van der Waals surface area contributed by atoms with Gasteiger partial charge in [-0.3, -0.25) is 0 Å². The molecule has 1 aromatic heterocycles. The first-order chi connectivity index (χ1) is 7.04. The number of anilines is 1. The standard InChI is InChI=1S/C10H16IN3S/c1-4-7-9(11)10(12)14-8(13-7)5-15-6(2)3/h6H,4-5H2,1-3H3,(H2,12,13,14). The molecule has 0 radical (unpaired) electrons. The number of nitrogen functional groups attached to an aromatic ring is 1. The van der Waals surface area contributed by atoms with Gasteiger partial charge in [-0.2, -0.15) is 11.8 Å². The Bertz CT molecular complexity index is 342. The van der Waals surface area contributed by atoms with E-state index in [4.69, 9.17) is 5.73 Å². The Kier molecular flexibility index (Phi) is 5.11. The summed E-state index contributed by atoms with van der Waals surface area (Å²) in [5.41, 5.74) is 6.89. The van der Waals surface area contributed by atoms with Crippen molar-refractivity contribution in [1.82, 2.24) is 9.97 Å². The summed E-state index contributed by atoms with van der Waals surface area (Å²) in [6.07, 6.45) is 0.907. The SMILES string of the molecule is CCc1nc(CSC(C)C)nc(N)c1I. The van der Waals surface area contributed by atoms with Gasteiger partial charge in [0.15, 0.2) is 0 Å². The number of hydrogen-bond donors (Lipinski definition) is 1. The molecular formula is C10H16IN3S. The number of hydrogen-bond acceptors (Lipinski definition) is 4. The van der Waals surface area contributed by atoms with Crippen LogP contribution in [-0.4, -0.2) is 15.2 Å². The maximum absolute atomic E-state index is 5.84. The maximum atomic E-state index is 5.84. The molecule has 1 heterocycles. The van der Waals surface area contributed by atoms with Crippen molar-refractivity contribution < 1.29 is 0 Å². The summed E-state index contributed by atoms with van der Waals surface area (Å²) in [6, 6.07) is 0. The fraction of sp³-hybridized carbons (Fsp3) is 0.600. The lowest BCUT2D eigenvalue weighted by Crippen LogP contribution is -2.06. The molecule has 2 N–H and O–H groups in total. The van der Waals surface area contributed by atoms with Crippen LogP contribution in [0.5, 0.6) is 0 Å². The van der Waals surface area contributed by atoms with Crippen LogP contribution >= 0.6 is 34.4 Å². The molecule has 3 nitrogen and oxygen atoms in total. The van der Waals surface area contributed by atoms with E-state index in [1.165, 1.54) is 0 Å².